The Morgan fingerprint density at radius 2 is 1.79 bits per heavy atom. The van der Waals surface area contributed by atoms with Gasteiger partial charge in [-0.1, -0.05) is 25.7 Å². The molecule has 0 spiro atoms. The second kappa shape index (κ2) is 7.79. The van der Waals surface area contributed by atoms with Crippen molar-refractivity contribution >= 4 is 13.1 Å². The minimum atomic E-state index is -1.23. The molecular weight excluding hydrogens is 185 g/mol. The number of hydrogen-bond acceptors (Lipinski definition) is 4. The zero-order valence-corrected chi connectivity index (χ0v) is 8.22. The second-order valence-corrected chi connectivity index (χ2v) is 3.42. The third kappa shape index (κ3) is 8.03. The van der Waals surface area contributed by atoms with Crippen LogP contribution < -0.4 is 5.73 Å². The summed E-state index contributed by atoms with van der Waals surface area (Å²) < 4.78 is 0. The minimum Gasteiger partial charge on any atom is -0.480 e. The molecule has 82 valence electrons. The summed E-state index contributed by atoms with van der Waals surface area (Å²) in [6, 6.07) is -0.765. The Bertz CT molecular complexity index is 165. The van der Waals surface area contributed by atoms with E-state index >= 15 is 0 Å². The average Bonchev–Trinajstić information content (AvgIpc) is 2.09. The van der Waals surface area contributed by atoms with Gasteiger partial charge in [0, 0.05) is 0 Å². The fourth-order valence-corrected chi connectivity index (χ4v) is 1.17. The molecule has 0 amide bonds. The first-order valence-corrected chi connectivity index (χ1v) is 4.88. The summed E-state index contributed by atoms with van der Waals surface area (Å²) in [4.78, 5) is 10.3. The first kappa shape index (κ1) is 13.4. The molecule has 1 unspecified atom stereocenters. The lowest BCUT2D eigenvalue weighted by atomic mass is 9.83. The maximum Gasteiger partial charge on any atom is 0.451 e. The normalized spacial score (nSPS) is 12.5. The maximum atomic E-state index is 10.3. The summed E-state index contributed by atoms with van der Waals surface area (Å²) in [7, 11) is -1.23. The van der Waals surface area contributed by atoms with Crippen molar-refractivity contribution < 1.29 is 19.9 Å². The largest absolute Gasteiger partial charge is 0.480 e. The molecule has 0 heterocycles. The number of carboxylic acids is 1. The molecule has 0 aromatic rings. The van der Waals surface area contributed by atoms with Crippen LogP contribution in [0.25, 0.3) is 0 Å². The third-order valence-corrected chi connectivity index (χ3v) is 2.04. The molecule has 1 atom stereocenters. The molecule has 0 aliphatic carbocycles. The van der Waals surface area contributed by atoms with Gasteiger partial charge in [0.25, 0.3) is 0 Å². The van der Waals surface area contributed by atoms with E-state index in [0.29, 0.717) is 12.7 Å². The number of carbonyl (C=O) groups is 1. The van der Waals surface area contributed by atoms with Crippen molar-refractivity contribution in [2.24, 2.45) is 5.73 Å². The van der Waals surface area contributed by atoms with Crippen LogP contribution in [-0.2, 0) is 4.79 Å². The highest BCUT2D eigenvalue weighted by atomic mass is 16.4. The number of carboxylic acid groups (broad SMARTS) is 1. The molecule has 14 heavy (non-hydrogen) atoms. The topological polar surface area (TPSA) is 104 Å². The summed E-state index contributed by atoms with van der Waals surface area (Å²) in [5.41, 5.74) is 5.30. The Morgan fingerprint density at radius 3 is 2.29 bits per heavy atom. The molecule has 0 aromatic carbocycles. The molecular formula is C8H18BNO4. The summed E-state index contributed by atoms with van der Waals surface area (Å²) >= 11 is 0. The first-order chi connectivity index (χ1) is 6.54. The van der Waals surface area contributed by atoms with Crippen LogP contribution in [0.4, 0.5) is 0 Å². The van der Waals surface area contributed by atoms with E-state index in [2.05, 4.69) is 0 Å². The van der Waals surface area contributed by atoms with Gasteiger partial charge in [-0.05, 0) is 12.7 Å². The lowest BCUT2D eigenvalue weighted by molar-refractivity contribution is -0.138. The van der Waals surface area contributed by atoms with Crippen molar-refractivity contribution in [3.05, 3.63) is 0 Å². The molecule has 6 heteroatoms. The molecule has 0 aromatic heterocycles. The Morgan fingerprint density at radius 1 is 1.21 bits per heavy atom. The molecule has 5 N–H and O–H groups in total. The van der Waals surface area contributed by atoms with Gasteiger partial charge in [0.2, 0.25) is 0 Å². The fourth-order valence-electron chi connectivity index (χ4n) is 1.17. The van der Waals surface area contributed by atoms with Crippen LogP contribution in [0, 0.1) is 0 Å². The van der Waals surface area contributed by atoms with Crippen LogP contribution in [0.2, 0.25) is 6.32 Å². The maximum absolute atomic E-state index is 10.3. The van der Waals surface area contributed by atoms with Gasteiger partial charge in [-0.2, -0.15) is 0 Å². The summed E-state index contributed by atoms with van der Waals surface area (Å²) in [6.07, 6.45) is 4.15. The first-order valence-electron chi connectivity index (χ1n) is 4.88. The summed E-state index contributed by atoms with van der Waals surface area (Å²) in [6.45, 7) is 0. The molecule has 0 fully saturated rings. The van der Waals surface area contributed by atoms with Crippen molar-refractivity contribution in [3.8, 4) is 0 Å². The zero-order valence-electron chi connectivity index (χ0n) is 8.22. The van der Waals surface area contributed by atoms with Crippen molar-refractivity contribution in [3.63, 3.8) is 0 Å². The predicted octanol–water partition coefficient (Wildman–Crippen LogP) is -0.178. The van der Waals surface area contributed by atoms with Crippen molar-refractivity contribution in [2.75, 3.05) is 0 Å². The highest BCUT2D eigenvalue weighted by molar-refractivity contribution is 6.40. The number of nitrogens with two attached hydrogens (primary N) is 1. The van der Waals surface area contributed by atoms with Crippen LogP contribution in [-0.4, -0.2) is 34.3 Å². The summed E-state index contributed by atoms with van der Waals surface area (Å²) in [5, 5.41) is 25.5. The van der Waals surface area contributed by atoms with E-state index in [4.69, 9.17) is 20.9 Å². The van der Waals surface area contributed by atoms with Gasteiger partial charge in [0.05, 0.1) is 0 Å². The lowest BCUT2D eigenvalue weighted by Gasteiger charge is -2.05. The van der Waals surface area contributed by atoms with Gasteiger partial charge in [-0.25, -0.2) is 0 Å². The number of rotatable bonds is 8. The standard InChI is InChI=1S/C8H18BNO4/c10-7(8(11)12)5-3-1-2-4-6-9(13)14/h7,13-14H,1-6,10H2,(H,11,12). The second-order valence-electron chi connectivity index (χ2n) is 3.42. The summed E-state index contributed by atoms with van der Waals surface area (Å²) in [5.74, 6) is -0.962. The van der Waals surface area contributed by atoms with Gasteiger partial charge >= 0.3 is 13.1 Å². The lowest BCUT2D eigenvalue weighted by Crippen LogP contribution is -2.29. The smallest absolute Gasteiger partial charge is 0.451 e. The highest BCUT2D eigenvalue weighted by Gasteiger charge is 2.10. The molecule has 0 aliphatic rings. The molecule has 5 nitrogen and oxygen atoms in total. The van der Waals surface area contributed by atoms with Crippen molar-refractivity contribution in [2.45, 2.75) is 44.5 Å². The number of aliphatic carboxylic acids is 1. The Balaban J connectivity index is 3.17. The van der Waals surface area contributed by atoms with E-state index in [-0.39, 0.29) is 0 Å². The van der Waals surface area contributed by atoms with Crippen LogP contribution in [0.3, 0.4) is 0 Å². The van der Waals surface area contributed by atoms with Gasteiger partial charge in [-0.3, -0.25) is 4.79 Å². The van der Waals surface area contributed by atoms with E-state index in [1.807, 2.05) is 0 Å². The molecule has 0 aliphatic heterocycles. The molecule has 0 bridgehead atoms. The SMILES string of the molecule is NC(CCCCCCB(O)O)C(=O)O. The molecule has 0 saturated heterocycles. The Hall–Kier alpha value is -0.585. The van der Waals surface area contributed by atoms with Gasteiger partial charge in [-0.15, -0.1) is 0 Å². The number of hydrogen-bond donors (Lipinski definition) is 4. The van der Waals surface area contributed by atoms with Crippen molar-refractivity contribution in [1.82, 2.24) is 0 Å². The van der Waals surface area contributed by atoms with Crippen molar-refractivity contribution in [1.29, 1.82) is 0 Å². The van der Waals surface area contributed by atoms with Crippen LogP contribution >= 0.6 is 0 Å². The highest BCUT2D eigenvalue weighted by Crippen LogP contribution is 2.07. The Labute approximate surface area is 84.1 Å². The molecule has 0 radical (unpaired) electrons. The van der Waals surface area contributed by atoms with E-state index in [0.717, 1.165) is 25.7 Å². The van der Waals surface area contributed by atoms with E-state index < -0.39 is 19.1 Å². The number of unbranched alkanes of at least 4 members (excludes halogenated alkanes) is 3. The van der Waals surface area contributed by atoms with E-state index in [9.17, 15) is 4.79 Å². The monoisotopic (exact) mass is 203 g/mol. The van der Waals surface area contributed by atoms with E-state index in [1.54, 1.807) is 0 Å². The van der Waals surface area contributed by atoms with Gasteiger partial charge in [0.1, 0.15) is 6.04 Å². The minimum absolute atomic E-state index is 0.380. The van der Waals surface area contributed by atoms with Gasteiger partial charge < -0.3 is 20.9 Å². The van der Waals surface area contributed by atoms with E-state index in [1.165, 1.54) is 0 Å². The fraction of sp³-hybridized carbons (Fsp3) is 0.875. The average molecular weight is 203 g/mol. The van der Waals surface area contributed by atoms with Gasteiger partial charge in [0.15, 0.2) is 0 Å². The third-order valence-electron chi connectivity index (χ3n) is 2.04. The Kier molecular flexibility index (Phi) is 7.46. The van der Waals surface area contributed by atoms with Crippen LogP contribution in [0.15, 0.2) is 0 Å². The zero-order chi connectivity index (χ0) is 11.0. The van der Waals surface area contributed by atoms with Crippen LogP contribution in [0.5, 0.6) is 0 Å². The quantitative estimate of drug-likeness (QED) is 0.323. The molecule has 0 rings (SSSR count). The predicted molar refractivity (Wildman–Crippen MR) is 53.7 cm³/mol. The van der Waals surface area contributed by atoms with Crippen LogP contribution in [0.1, 0.15) is 32.1 Å². The molecule has 0 saturated carbocycles.